The van der Waals surface area contributed by atoms with Crippen LogP contribution in [-0.4, -0.2) is 23.2 Å². The van der Waals surface area contributed by atoms with Crippen molar-refractivity contribution < 1.29 is 14.3 Å². The van der Waals surface area contributed by atoms with Gasteiger partial charge in [0, 0.05) is 12.2 Å². The van der Waals surface area contributed by atoms with Gasteiger partial charge in [0.2, 0.25) is 0 Å². The molecule has 0 saturated carbocycles. The van der Waals surface area contributed by atoms with Gasteiger partial charge in [-0.05, 0) is 38.1 Å². The average molecular weight is 274 g/mol. The summed E-state index contributed by atoms with van der Waals surface area (Å²) in [4.78, 5) is 11.0. The maximum absolute atomic E-state index is 11.0. The van der Waals surface area contributed by atoms with Gasteiger partial charge in [-0.2, -0.15) is 5.10 Å². The Labute approximate surface area is 118 Å². The van der Waals surface area contributed by atoms with Crippen molar-refractivity contribution in [3.63, 3.8) is 0 Å². The topological polar surface area (TPSA) is 53.4 Å². The largest absolute Gasteiger partial charge is 0.497 e. The number of ether oxygens (including phenoxy) is 2. The van der Waals surface area contributed by atoms with Crippen LogP contribution in [0.25, 0.3) is 0 Å². The summed E-state index contributed by atoms with van der Waals surface area (Å²) in [5, 5.41) is 4.39. The van der Waals surface area contributed by atoms with Crippen LogP contribution in [0.1, 0.15) is 35.9 Å². The highest BCUT2D eigenvalue weighted by Gasteiger charge is 2.07. The first kappa shape index (κ1) is 14.1. The standard InChI is InChI=1S/C15H18N2O3/c1-11(2)17-7-6-13(16-17)10-20-15-5-4-14(19-3)8-12(15)9-18/h4-9,11H,10H2,1-3H3. The van der Waals surface area contributed by atoms with Crippen LogP contribution in [0.4, 0.5) is 0 Å². The fourth-order valence-electron chi connectivity index (χ4n) is 1.77. The zero-order valence-electron chi connectivity index (χ0n) is 11.9. The van der Waals surface area contributed by atoms with E-state index in [0.717, 1.165) is 12.0 Å². The maximum atomic E-state index is 11.0. The van der Waals surface area contributed by atoms with Crippen molar-refractivity contribution in [2.24, 2.45) is 0 Å². The highest BCUT2D eigenvalue weighted by atomic mass is 16.5. The van der Waals surface area contributed by atoms with Crippen molar-refractivity contribution in [2.75, 3.05) is 7.11 Å². The molecule has 0 aliphatic rings. The molecule has 0 bridgehead atoms. The molecule has 0 aliphatic heterocycles. The minimum Gasteiger partial charge on any atom is -0.497 e. The number of carbonyl (C=O) groups excluding carboxylic acids is 1. The van der Waals surface area contributed by atoms with E-state index in [9.17, 15) is 4.79 Å². The predicted octanol–water partition coefficient (Wildman–Crippen LogP) is 2.86. The molecule has 2 rings (SSSR count). The highest BCUT2D eigenvalue weighted by Crippen LogP contribution is 2.23. The molecular formula is C15H18N2O3. The van der Waals surface area contributed by atoms with Gasteiger partial charge in [-0.15, -0.1) is 0 Å². The third-order valence-electron chi connectivity index (χ3n) is 2.91. The molecule has 1 aromatic heterocycles. The number of hydrogen-bond donors (Lipinski definition) is 0. The van der Waals surface area contributed by atoms with Crippen molar-refractivity contribution in [1.82, 2.24) is 9.78 Å². The van der Waals surface area contributed by atoms with Gasteiger partial charge in [0.15, 0.2) is 6.29 Å². The lowest BCUT2D eigenvalue weighted by Gasteiger charge is -2.09. The van der Waals surface area contributed by atoms with E-state index < -0.39 is 0 Å². The SMILES string of the molecule is COc1ccc(OCc2ccn(C(C)C)n2)c(C=O)c1. The molecule has 106 valence electrons. The molecule has 0 unspecified atom stereocenters. The molecule has 5 nitrogen and oxygen atoms in total. The third kappa shape index (κ3) is 3.17. The number of hydrogen-bond acceptors (Lipinski definition) is 4. The molecule has 0 spiro atoms. The molecule has 0 aliphatic carbocycles. The smallest absolute Gasteiger partial charge is 0.153 e. The van der Waals surface area contributed by atoms with E-state index in [-0.39, 0.29) is 0 Å². The van der Waals surface area contributed by atoms with Gasteiger partial charge < -0.3 is 9.47 Å². The monoisotopic (exact) mass is 274 g/mol. The van der Waals surface area contributed by atoms with Gasteiger partial charge in [0.1, 0.15) is 18.1 Å². The van der Waals surface area contributed by atoms with Crippen molar-refractivity contribution >= 4 is 6.29 Å². The summed E-state index contributed by atoms with van der Waals surface area (Å²) in [5.74, 6) is 1.16. The third-order valence-corrected chi connectivity index (χ3v) is 2.91. The molecule has 20 heavy (non-hydrogen) atoms. The van der Waals surface area contributed by atoms with Crippen molar-refractivity contribution in [3.05, 3.63) is 41.7 Å². The summed E-state index contributed by atoms with van der Waals surface area (Å²) in [6.07, 6.45) is 2.67. The predicted molar refractivity (Wildman–Crippen MR) is 75.3 cm³/mol. The first-order chi connectivity index (χ1) is 9.63. The van der Waals surface area contributed by atoms with Crippen LogP contribution in [-0.2, 0) is 6.61 Å². The molecule has 0 amide bonds. The van der Waals surface area contributed by atoms with Gasteiger partial charge >= 0.3 is 0 Å². The zero-order valence-corrected chi connectivity index (χ0v) is 11.9. The number of carbonyl (C=O) groups is 1. The number of methoxy groups -OCH3 is 1. The quantitative estimate of drug-likeness (QED) is 0.760. The van der Waals surface area contributed by atoms with E-state index in [2.05, 4.69) is 18.9 Å². The minimum absolute atomic E-state index is 0.315. The normalized spacial score (nSPS) is 10.6. The Morgan fingerprint density at radius 1 is 1.35 bits per heavy atom. The average Bonchev–Trinajstić information content (AvgIpc) is 2.94. The number of aldehydes is 1. The Hall–Kier alpha value is -2.30. The van der Waals surface area contributed by atoms with E-state index >= 15 is 0 Å². The van der Waals surface area contributed by atoms with Crippen LogP contribution in [0.3, 0.4) is 0 Å². The summed E-state index contributed by atoms with van der Waals surface area (Å²) in [5.41, 5.74) is 1.29. The van der Waals surface area contributed by atoms with E-state index in [1.165, 1.54) is 0 Å². The molecular weight excluding hydrogens is 256 g/mol. The van der Waals surface area contributed by atoms with Crippen LogP contribution in [0.5, 0.6) is 11.5 Å². The van der Waals surface area contributed by atoms with E-state index in [1.807, 2.05) is 16.9 Å². The molecule has 1 heterocycles. The fraction of sp³-hybridized carbons (Fsp3) is 0.333. The van der Waals surface area contributed by atoms with Crippen molar-refractivity contribution in [3.8, 4) is 11.5 Å². The molecule has 0 radical (unpaired) electrons. The Balaban J connectivity index is 2.08. The minimum atomic E-state index is 0.315. The van der Waals surface area contributed by atoms with Gasteiger partial charge in [-0.25, -0.2) is 0 Å². The van der Waals surface area contributed by atoms with Crippen molar-refractivity contribution in [1.29, 1.82) is 0 Å². The van der Waals surface area contributed by atoms with Crippen LogP contribution in [0.15, 0.2) is 30.5 Å². The molecule has 0 saturated heterocycles. The zero-order chi connectivity index (χ0) is 14.5. The second-order valence-electron chi connectivity index (χ2n) is 4.69. The Morgan fingerprint density at radius 2 is 2.15 bits per heavy atom. The lowest BCUT2D eigenvalue weighted by molar-refractivity contribution is 0.111. The van der Waals surface area contributed by atoms with E-state index in [0.29, 0.717) is 29.7 Å². The van der Waals surface area contributed by atoms with Gasteiger partial charge in [0.25, 0.3) is 0 Å². The number of rotatable bonds is 6. The summed E-state index contributed by atoms with van der Waals surface area (Å²) >= 11 is 0. The van der Waals surface area contributed by atoms with Crippen LogP contribution < -0.4 is 9.47 Å². The Morgan fingerprint density at radius 3 is 2.75 bits per heavy atom. The second kappa shape index (κ2) is 6.23. The van der Waals surface area contributed by atoms with Crippen molar-refractivity contribution in [2.45, 2.75) is 26.5 Å². The van der Waals surface area contributed by atoms with Gasteiger partial charge in [-0.1, -0.05) is 0 Å². The molecule has 2 aromatic rings. The van der Waals surface area contributed by atoms with E-state index in [1.54, 1.807) is 25.3 Å². The number of benzene rings is 1. The summed E-state index contributed by atoms with van der Waals surface area (Å²) < 4.78 is 12.6. The lowest BCUT2D eigenvalue weighted by Crippen LogP contribution is -2.04. The maximum Gasteiger partial charge on any atom is 0.153 e. The van der Waals surface area contributed by atoms with Crippen LogP contribution in [0, 0.1) is 0 Å². The van der Waals surface area contributed by atoms with Crippen LogP contribution in [0.2, 0.25) is 0 Å². The second-order valence-corrected chi connectivity index (χ2v) is 4.69. The number of aromatic nitrogens is 2. The van der Waals surface area contributed by atoms with E-state index in [4.69, 9.17) is 9.47 Å². The highest BCUT2D eigenvalue weighted by molar-refractivity contribution is 5.80. The van der Waals surface area contributed by atoms with Gasteiger partial charge in [0.05, 0.1) is 18.4 Å². The molecule has 0 fully saturated rings. The first-order valence-electron chi connectivity index (χ1n) is 6.44. The first-order valence-corrected chi connectivity index (χ1v) is 6.44. The fourth-order valence-corrected chi connectivity index (χ4v) is 1.77. The molecule has 0 N–H and O–H groups in total. The van der Waals surface area contributed by atoms with Crippen LogP contribution >= 0.6 is 0 Å². The van der Waals surface area contributed by atoms with Gasteiger partial charge in [-0.3, -0.25) is 9.48 Å². The summed E-state index contributed by atoms with van der Waals surface area (Å²) in [7, 11) is 1.56. The lowest BCUT2D eigenvalue weighted by atomic mass is 10.2. The summed E-state index contributed by atoms with van der Waals surface area (Å²) in [6.45, 7) is 4.45. The summed E-state index contributed by atoms with van der Waals surface area (Å²) in [6, 6.07) is 7.35. The molecule has 1 aromatic carbocycles. The Bertz CT molecular complexity index is 591. The number of nitrogens with zero attached hydrogens (tertiary/aromatic N) is 2. The molecule has 0 atom stereocenters. The molecule has 5 heteroatoms. The Kier molecular flexibility index (Phi) is 4.40.